The number of nitrogens with one attached hydrogen (secondary N) is 2. The van der Waals surface area contributed by atoms with Crippen LogP contribution < -0.4 is 10.1 Å². The van der Waals surface area contributed by atoms with Gasteiger partial charge in [-0.2, -0.15) is 0 Å². The van der Waals surface area contributed by atoms with Gasteiger partial charge in [-0.15, -0.1) is 0 Å². The highest BCUT2D eigenvalue weighted by Crippen LogP contribution is 2.53. The van der Waals surface area contributed by atoms with Crippen LogP contribution in [-0.4, -0.2) is 46.8 Å². The lowest BCUT2D eigenvalue weighted by Gasteiger charge is -2.45. The van der Waals surface area contributed by atoms with E-state index in [-0.39, 0.29) is 24.4 Å². The van der Waals surface area contributed by atoms with Crippen molar-refractivity contribution < 1.29 is 22.3 Å². The van der Waals surface area contributed by atoms with Gasteiger partial charge in [0.05, 0.1) is 6.33 Å². The maximum atomic E-state index is 14.4. The van der Waals surface area contributed by atoms with Gasteiger partial charge in [0.2, 0.25) is 5.91 Å². The highest BCUT2D eigenvalue weighted by atomic mass is 32.2. The third-order valence-electron chi connectivity index (χ3n) is 6.56. The molecule has 1 aliphatic rings. The molecule has 2 unspecified atom stereocenters. The van der Waals surface area contributed by atoms with E-state index in [9.17, 15) is 17.6 Å². The van der Waals surface area contributed by atoms with Crippen molar-refractivity contribution in [3.8, 4) is 5.75 Å². The van der Waals surface area contributed by atoms with Crippen LogP contribution >= 0.6 is 0 Å². The molecule has 2 N–H and O–H groups in total. The van der Waals surface area contributed by atoms with Gasteiger partial charge in [-0.1, -0.05) is 6.92 Å². The normalized spacial score (nSPS) is 18.8. The van der Waals surface area contributed by atoms with Crippen molar-refractivity contribution in [3.63, 3.8) is 0 Å². The highest BCUT2D eigenvalue weighted by molar-refractivity contribution is 7.93. The van der Waals surface area contributed by atoms with Crippen molar-refractivity contribution in [2.24, 2.45) is 0 Å². The molecule has 2 atom stereocenters. The zero-order valence-corrected chi connectivity index (χ0v) is 20.9. The van der Waals surface area contributed by atoms with Crippen LogP contribution in [0.2, 0.25) is 0 Å². The first-order valence-electron chi connectivity index (χ1n) is 11.7. The number of carbonyl (C=O) groups is 1. The minimum Gasteiger partial charge on any atom is -0.488 e. The van der Waals surface area contributed by atoms with E-state index in [0.29, 0.717) is 24.3 Å². The van der Waals surface area contributed by atoms with Crippen molar-refractivity contribution in [3.05, 3.63) is 72.3 Å². The van der Waals surface area contributed by atoms with E-state index in [1.165, 1.54) is 25.1 Å². The van der Waals surface area contributed by atoms with E-state index in [2.05, 4.69) is 15.3 Å². The van der Waals surface area contributed by atoms with Crippen LogP contribution in [0.1, 0.15) is 50.8 Å². The van der Waals surface area contributed by atoms with E-state index in [4.69, 9.17) is 4.74 Å². The number of hydrogen-bond acceptors (Lipinski definition) is 5. The van der Waals surface area contributed by atoms with Crippen LogP contribution in [0.3, 0.4) is 0 Å². The zero-order chi connectivity index (χ0) is 25.3. The molecular weight excluding hydrogens is 471 g/mol. The lowest BCUT2D eigenvalue weighted by molar-refractivity contribution is -0.125. The van der Waals surface area contributed by atoms with Gasteiger partial charge < -0.3 is 19.6 Å². The highest BCUT2D eigenvalue weighted by Gasteiger charge is 2.60. The van der Waals surface area contributed by atoms with Crippen LogP contribution in [0.5, 0.6) is 5.75 Å². The van der Waals surface area contributed by atoms with E-state index in [1.54, 1.807) is 30.9 Å². The smallest absolute Gasteiger partial charge is 0.248 e. The molecule has 0 aliphatic carbocycles. The van der Waals surface area contributed by atoms with Crippen LogP contribution in [0.4, 0.5) is 4.39 Å². The molecule has 1 aliphatic heterocycles. The van der Waals surface area contributed by atoms with Crippen LogP contribution in [0.25, 0.3) is 0 Å². The first kappa shape index (κ1) is 25.0. The molecule has 3 heterocycles. The second-order valence-corrected chi connectivity index (χ2v) is 11.9. The van der Waals surface area contributed by atoms with E-state index >= 15 is 0 Å². The number of rotatable bonds is 9. The van der Waals surface area contributed by atoms with Gasteiger partial charge in [-0.25, -0.2) is 17.8 Å². The molecule has 0 bridgehead atoms. The molecule has 0 radical (unpaired) electrons. The number of aromatic amines is 1. The number of imidazole rings is 1. The molecular formula is C25H31FN4O4S. The average Bonchev–Trinajstić information content (AvgIpc) is 3.52. The number of ether oxygens (including phenoxy) is 1. The maximum absolute atomic E-state index is 14.4. The van der Waals surface area contributed by atoms with Crippen molar-refractivity contribution in [2.45, 2.75) is 56.4 Å². The van der Waals surface area contributed by atoms with Gasteiger partial charge in [-0.3, -0.25) is 4.79 Å². The number of fused-ring (bicyclic) bond motifs is 1. The Morgan fingerprint density at radius 1 is 1.37 bits per heavy atom. The quantitative estimate of drug-likeness (QED) is 0.436. The summed E-state index contributed by atoms with van der Waals surface area (Å²) in [5, 5.41) is 2.88. The number of halogens is 1. The third-order valence-corrected chi connectivity index (χ3v) is 8.99. The summed E-state index contributed by atoms with van der Waals surface area (Å²) >= 11 is 0. The molecule has 0 spiro atoms. The van der Waals surface area contributed by atoms with Crippen LogP contribution in [0, 0.1) is 5.82 Å². The Hall–Kier alpha value is -3.14. The number of aryl methyl sites for hydroxylation is 1. The minimum atomic E-state index is -4.07. The summed E-state index contributed by atoms with van der Waals surface area (Å²) in [5.74, 6) is -1.92. The van der Waals surface area contributed by atoms with Gasteiger partial charge in [-0.05, 0) is 57.0 Å². The molecule has 0 saturated heterocycles. The fourth-order valence-corrected chi connectivity index (χ4v) is 6.90. The largest absolute Gasteiger partial charge is 0.488 e. The van der Waals surface area contributed by atoms with E-state index in [1.807, 2.05) is 24.6 Å². The monoisotopic (exact) mass is 502 g/mol. The predicted molar refractivity (Wildman–Crippen MR) is 130 cm³/mol. The number of aromatic nitrogens is 3. The summed E-state index contributed by atoms with van der Waals surface area (Å²) in [6.45, 7) is 6.09. The summed E-state index contributed by atoms with van der Waals surface area (Å²) in [7, 11) is -4.07. The second kappa shape index (κ2) is 9.49. The van der Waals surface area contributed by atoms with E-state index < -0.39 is 37.8 Å². The molecule has 35 heavy (non-hydrogen) atoms. The van der Waals surface area contributed by atoms with Gasteiger partial charge >= 0.3 is 0 Å². The summed E-state index contributed by atoms with van der Waals surface area (Å²) < 4.78 is 48.3. The number of benzene rings is 1. The van der Waals surface area contributed by atoms with Gasteiger partial charge in [0.15, 0.2) is 14.6 Å². The molecule has 3 aromatic rings. The van der Waals surface area contributed by atoms with E-state index in [0.717, 1.165) is 0 Å². The molecule has 4 rings (SSSR count). The Morgan fingerprint density at radius 3 is 2.83 bits per heavy atom. The van der Waals surface area contributed by atoms with Gasteiger partial charge in [0.25, 0.3) is 0 Å². The van der Waals surface area contributed by atoms with Gasteiger partial charge in [0.1, 0.15) is 17.2 Å². The second-order valence-electron chi connectivity index (χ2n) is 9.43. The summed E-state index contributed by atoms with van der Waals surface area (Å²) in [4.78, 5) is 21.1. The van der Waals surface area contributed by atoms with Gasteiger partial charge in [0, 0.05) is 54.6 Å². The number of amides is 1. The molecule has 1 amide bonds. The van der Waals surface area contributed by atoms with Crippen LogP contribution in [0.15, 0.2) is 55.2 Å². The van der Waals surface area contributed by atoms with Crippen molar-refractivity contribution >= 4 is 15.7 Å². The molecule has 0 fully saturated rings. The fourth-order valence-electron chi connectivity index (χ4n) is 4.98. The third kappa shape index (κ3) is 4.59. The standard InChI is InChI=1S/C25H31FN4O4S/c1-4-35(32,33)25(22-7-5-10-28-22,23(31)29-11-6-13-30-14-12-27-17-30)20-16-24(2,3)34-21-9-8-18(26)15-19(20)21/h5,7-10,12,14-15,17,20,28H,4,6,11,13,16H2,1-3H3,(H,29,31). The summed E-state index contributed by atoms with van der Waals surface area (Å²) in [5.41, 5.74) is -0.160. The lowest BCUT2D eigenvalue weighted by Crippen LogP contribution is -2.57. The number of nitrogens with zero attached hydrogens (tertiary/aromatic N) is 2. The number of hydrogen-bond donors (Lipinski definition) is 2. The minimum absolute atomic E-state index is 0.199. The molecule has 10 heteroatoms. The summed E-state index contributed by atoms with van der Waals surface area (Å²) in [6, 6.07) is 7.33. The topological polar surface area (TPSA) is 106 Å². The molecule has 2 aromatic heterocycles. The van der Waals surface area contributed by atoms with Crippen LogP contribution in [-0.2, 0) is 25.9 Å². The molecule has 188 valence electrons. The Morgan fingerprint density at radius 2 is 2.17 bits per heavy atom. The first-order valence-corrected chi connectivity index (χ1v) is 13.3. The number of H-pyrrole nitrogens is 1. The molecule has 8 nitrogen and oxygen atoms in total. The number of sulfone groups is 1. The zero-order valence-electron chi connectivity index (χ0n) is 20.1. The Labute approximate surface area is 204 Å². The van der Waals surface area contributed by atoms with Crippen molar-refractivity contribution in [1.29, 1.82) is 0 Å². The average molecular weight is 503 g/mol. The lowest BCUT2D eigenvalue weighted by atomic mass is 9.74. The maximum Gasteiger partial charge on any atom is 0.248 e. The Kier molecular flexibility index (Phi) is 6.77. The molecule has 1 aromatic carbocycles. The van der Waals surface area contributed by atoms with Crippen molar-refractivity contribution in [2.75, 3.05) is 12.3 Å². The fraction of sp³-hybridized carbons (Fsp3) is 0.440. The summed E-state index contributed by atoms with van der Waals surface area (Å²) in [6.07, 6.45) is 7.55. The Balaban J connectivity index is 1.82. The molecule has 0 saturated carbocycles. The Bertz CT molecular complexity index is 1270. The van der Waals surface area contributed by atoms with Crippen molar-refractivity contribution in [1.82, 2.24) is 19.9 Å². The predicted octanol–water partition coefficient (Wildman–Crippen LogP) is 3.53. The first-order chi connectivity index (χ1) is 16.6. The SMILES string of the molecule is CCS(=O)(=O)C(C(=O)NCCCn1ccnc1)(c1ccc[nH]1)C1CC(C)(C)Oc2ccc(F)cc21. The number of carbonyl (C=O) groups excluding carboxylic acids is 1.